The second kappa shape index (κ2) is 12.3. The number of rotatable bonds is 11. The minimum atomic E-state index is -2.02. The Labute approximate surface area is 239 Å². The fourth-order valence-corrected chi connectivity index (χ4v) is 4.65. The van der Waals surface area contributed by atoms with Crippen LogP contribution in [0.4, 0.5) is 14.5 Å². The van der Waals surface area contributed by atoms with E-state index in [0.717, 1.165) is 36.1 Å². The molecule has 5 aromatic rings. The molecule has 42 heavy (non-hydrogen) atoms. The summed E-state index contributed by atoms with van der Waals surface area (Å²) in [6, 6.07) is 16.9. The van der Waals surface area contributed by atoms with Crippen LogP contribution in [0.5, 0.6) is 0 Å². The van der Waals surface area contributed by atoms with Crippen molar-refractivity contribution in [1.29, 1.82) is 0 Å². The number of halogens is 2. The van der Waals surface area contributed by atoms with Crippen LogP contribution < -0.4 is 11.0 Å². The molecule has 0 saturated heterocycles. The van der Waals surface area contributed by atoms with Crippen LogP contribution in [0.15, 0.2) is 90.5 Å². The van der Waals surface area contributed by atoms with Gasteiger partial charge in [0, 0.05) is 22.9 Å². The highest BCUT2D eigenvalue weighted by molar-refractivity contribution is 6.04. The van der Waals surface area contributed by atoms with Gasteiger partial charge < -0.3 is 10.4 Å². The molecule has 0 aliphatic carbocycles. The molecule has 0 aliphatic heterocycles. The predicted octanol–water partition coefficient (Wildman–Crippen LogP) is 4.09. The third-order valence-electron chi connectivity index (χ3n) is 6.91. The highest BCUT2D eigenvalue weighted by atomic mass is 19.1. The van der Waals surface area contributed by atoms with Crippen LogP contribution in [0.2, 0.25) is 0 Å². The van der Waals surface area contributed by atoms with E-state index in [-0.39, 0.29) is 18.0 Å². The molecule has 3 aromatic carbocycles. The molecule has 2 heterocycles. The molecule has 2 N–H and O–H groups in total. The predicted molar refractivity (Wildman–Crippen MR) is 151 cm³/mol. The lowest BCUT2D eigenvalue weighted by Gasteiger charge is -2.28. The van der Waals surface area contributed by atoms with E-state index in [2.05, 4.69) is 27.4 Å². The zero-order valence-electron chi connectivity index (χ0n) is 22.8. The minimum absolute atomic E-state index is 0.225. The first-order chi connectivity index (χ1) is 20.3. The summed E-state index contributed by atoms with van der Waals surface area (Å²) in [5.74, 6) is -2.04. The highest BCUT2D eigenvalue weighted by Gasteiger charge is 2.35. The molecular formula is C30H29F2N7O3. The Balaban J connectivity index is 1.33. The number of nitrogens with one attached hydrogen (secondary N) is 1. The number of aliphatic hydroxyl groups is 1. The van der Waals surface area contributed by atoms with Gasteiger partial charge in [0.1, 0.15) is 36.2 Å². The second-order valence-electron chi connectivity index (χ2n) is 9.99. The number of benzene rings is 3. The molecule has 0 radical (unpaired) electrons. The Kier molecular flexibility index (Phi) is 8.34. The van der Waals surface area contributed by atoms with Gasteiger partial charge in [0.05, 0.1) is 18.8 Å². The van der Waals surface area contributed by atoms with Crippen molar-refractivity contribution in [3.63, 3.8) is 0 Å². The molecule has 2 aromatic heterocycles. The number of nitrogens with zero attached hydrogens (tertiary/aromatic N) is 6. The summed E-state index contributed by atoms with van der Waals surface area (Å²) < 4.78 is 31.9. The third-order valence-corrected chi connectivity index (χ3v) is 6.91. The molecule has 0 aliphatic rings. The number of hydrogen-bond acceptors (Lipinski definition) is 6. The fourth-order valence-electron chi connectivity index (χ4n) is 4.65. The Morgan fingerprint density at radius 1 is 0.976 bits per heavy atom. The number of carbonyl (C=O) groups is 1. The maximum atomic E-state index is 14.8. The maximum Gasteiger partial charge on any atom is 0.350 e. The summed E-state index contributed by atoms with van der Waals surface area (Å²) in [6.07, 6.45) is 7.02. The van der Waals surface area contributed by atoms with E-state index in [1.807, 2.05) is 12.1 Å². The highest BCUT2D eigenvalue weighted by Crippen LogP contribution is 2.28. The fraction of sp³-hybridized carbons (Fsp3) is 0.233. The molecule has 216 valence electrons. The number of aryl methyl sites for hydroxylation is 1. The maximum absolute atomic E-state index is 14.8. The van der Waals surface area contributed by atoms with Gasteiger partial charge in [0.15, 0.2) is 0 Å². The van der Waals surface area contributed by atoms with Crippen LogP contribution in [-0.4, -0.2) is 40.1 Å². The number of carbonyl (C=O) groups excluding carboxylic acids is 1. The van der Waals surface area contributed by atoms with Gasteiger partial charge in [-0.25, -0.2) is 32.5 Å². The number of hydrogen-bond donors (Lipinski definition) is 2. The number of unbranched alkanes of at least 4 members (excludes halogenated alkanes) is 1. The third kappa shape index (κ3) is 6.33. The molecule has 12 heteroatoms. The van der Waals surface area contributed by atoms with Gasteiger partial charge in [-0.05, 0) is 60.9 Å². The van der Waals surface area contributed by atoms with Gasteiger partial charge in [0.2, 0.25) is 0 Å². The minimum Gasteiger partial charge on any atom is -0.381 e. The molecular weight excluding hydrogens is 544 g/mol. The normalized spacial score (nSPS) is 12.7. The smallest absolute Gasteiger partial charge is 0.350 e. The van der Waals surface area contributed by atoms with E-state index < -0.39 is 29.5 Å². The Bertz CT molecular complexity index is 1720. The van der Waals surface area contributed by atoms with Crippen LogP contribution in [0.1, 0.15) is 41.3 Å². The molecule has 1 atom stereocenters. The van der Waals surface area contributed by atoms with Crippen molar-refractivity contribution in [2.45, 2.75) is 44.9 Å². The zero-order valence-corrected chi connectivity index (χ0v) is 22.8. The van der Waals surface area contributed by atoms with Crippen LogP contribution in [0, 0.1) is 11.6 Å². The molecule has 0 saturated carbocycles. The summed E-state index contributed by atoms with van der Waals surface area (Å²) in [4.78, 5) is 29.8. The van der Waals surface area contributed by atoms with Crippen molar-refractivity contribution in [2.75, 3.05) is 5.32 Å². The van der Waals surface area contributed by atoms with Crippen molar-refractivity contribution in [3.8, 4) is 5.69 Å². The molecule has 0 bridgehead atoms. The van der Waals surface area contributed by atoms with E-state index in [1.54, 1.807) is 36.4 Å². The standard InChI is InChI=1S/C30H29F2N7O3/c1-2-3-4-21-5-7-22(8-6-21)28(40)36-24-10-12-25(13-11-24)38-20-35-39(29(38)41)17-30(42,16-37-19-33-18-34-37)26-14-9-23(31)15-27(26)32/h5-15,18-20,42H,2-4,16-17H2,1H3,(H,36,40)/t30-/m0/s1. The van der Waals surface area contributed by atoms with Gasteiger partial charge in [-0.15, -0.1) is 0 Å². The summed E-state index contributed by atoms with van der Waals surface area (Å²) in [6.45, 7) is 1.41. The second-order valence-corrected chi connectivity index (χ2v) is 9.99. The quantitative estimate of drug-likeness (QED) is 0.246. The van der Waals surface area contributed by atoms with E-state index in [1.165, 1.54) is 33.8 Å². The van der Waals surface area contributed by atoms with E-state index in [4.69, 9.17) is 0 Å². The summed E-state index contributed by atoms with van der Waals surface area (Å²) in [7, 11) is 0. The molecule has 0 unspecified atom stereocenters. The molecule has 0 fully saturated rings. The lowest BCUT2D eigenvalue weighted by atomic mass is 9.93. The van der Waals surface area contributed by atoms with Crippen molar-refractivity contribution in [2.24, 2.45) is 0 Å². The van der Waals surface area contributed by atoms with Crippen LogP contribution in [-0.2, 0) is 25.1 Å². The van der Waals surface area contributed by atoms with Gasteiger partial charge in [-0.1, -0.05) is 31.5 Å². The number of anilines is 1. The molecule has 1 amide bonds. The number of amides is 1. The van der Waals surface area contributed by atoms with Crippen molar-refractivity contribution in [1.82, 2.24) is 29.1 Å². The Morgan fingerprint density at radius 2 is 1.74 bits per heavy atom. The van der Waals surface area contributed by atoms with Crippen molar-refractivity contribution in [3.05, 3.63) is 125 Å². The SMILES string of the molecule is CCCCc1ccc(C(=O)Nc2ccc(-n3cnn(C[C@@](O)(Cn4cncn4)c4ccc(F)cc4F)c3=O)cc2)cc1. The summed E-state index contributed by atoms with van der Waals surface area (Å²) in [5.41, 5.74) is -0.135. The molecule has 0 spiro atoms. The van der Waals surface area contributed by atoms with Gasteiger partial charge >= 0.3 is 5.69 Å². The Morgan fingerprint density at radius 3 is 2.40 bits per heavy atom. The van der Waals surface area contributed by atoms with Crippen LogP contribution >= 0.6 is 0 Å². The van der Waals surface area contributed by atoms with Gasteiger partial charge in [-0.3, -0.25) is 4.79 Å². The number of aromatic nitrogens is 6. The topological polar surface area (TPSA) is 120 Å². The first-order valence-electron chi connectivity index (χ1n) is 13.4. The monoisotopic (exact) mass is 573 g/mol. The van der Waals surface area contributed by atoms with Gasteiger partial charge in [0.25, 0.3) is 5.91 Å². The van der Waals surface area contributed by atoms with Crippen molar-refractivity contribution >= 4 is 11.6 Å². The molecule has 10 nitrogen and oxygen atoms in total. The first kappa shape index (κ1) is 28.6. The summed E-state index contributed by atoms with van der Waals surface area (Å²) >= 11 is 0. The van der Waals surface area contributed by atoms with E-state index in [9.17, 15) is 23.5 Å². The lowest BCUT2D eigenvalue weighted by molar-refractivity contribution is -0.00948. The van der Waals surface area contributed by atoms with Gasteiger partial charge in [-0.2, -0.15) is 10.2 Å². The first-order valence-corrected chi connectivity index (χ1v) is 13.4. The Hall–Kier alpha value is -4.97. The molecule has 5 rings (SSSR count). The largest absolute Gasteiger partial charge is 0.381 e. The van der Waals surface area contributed by atoms with Crippen molar-refractivity contribution < 1.29 is 18.7 Å². The summed E-state index contributed by atoms with van der Waals surface area (Å²) in [5, 5.41) is 22.5. The zero-order chi connectivity index (χ0) is 29.7. The van der Waals surface area contributed by atoms with Crippen LogP contribution in [0.25, 0.3) is 5.69 Å². The average molecular weight is 574 g/mol. The van der Waals surface area contributed by atoms with E-state index >= 15 is 0 Å². The van der Waals surface area contributed by atoms with Crippen LogP contribution in [0.3, 0.4) is 0 Å². The average Bonchev–Trinajstić information content (AvgIpc) is 3.62. The van der Waals surface area contributed by atoms with E-state index in [0.29, 0.717) is 23.0 Å². The lowest BCUT2D eigenvalue weighted by Crippen LogP contribution is -2.41.